The Morgan fingerprint density at radius 3 is 1.24 bits per heavy atom. The van der Waals surface area contributed by atoms with Crippen molar-refractivity contribution in [2.24, 2.45) is 11.8 Å². The predicted octanol–water partition coefficient (Wildman–Crippen LogP) is 13.9. The highest BCUT2D eigenvalue weighted by molar-refractivity contribution is 7.10. The van der Waals surface area contributed by atoms with E-state index >= 15 is 0 Å². The van der Waals surface area contributed by atoms with E-state index in [4.69, 9.17) is 9.47 Å². The number of urea groups is 2. The second-order valence-corrected chi connectivity index (χ2v) is 32.3. The minimum absolute atomic E-state index is 0.00543. The molecule has 0 radical (unpaired) electrons. The summed E-state index contributed by atoms with van der Waals surface area (Å²) >= 11 is 6.03. The number of amides is 7. The van der Waals surface area contributed by atoms with Gasteiger partial charge in [-0.3, -0.25) is 24.4 Å². The fourth-order valence-corrected chi connectivity index (χ4v) is 15.2. The highest BCUT2D eigenvalue weighted by Gasteiger charge is 2.32. The Balaban J connectivity index is 0.000000271. The second-order valence-electron chi connectivity index (χ2n) is 28.6. The summed E-state index contributed by atoms with van der Waals surface area (Å²) in [7, 11) is 9.36. The van der Waals surface area contributed by atoms with Crippen LogP contribution in [0.4, 0.5) is 19.2 Å². The smallest absolute Gasteiger partial charge is 0.407 e. The van der Waals surface area contributed by atoms with Crippen LogP contribution in [0.25, 0.3) is 0 Å². The third-order valence-electron chi connectivity index (χ3n) is 18.6. The number of ketones is 2. The molecule has 4 aromatic carbocycles. The number of ether oxygens (including phenoxy) is 2. The van der Waals surface area contributed by atoms with E-state index in [1.165, 1.54) is 27.6 Å². The van der Waals surface area contributed by atoms with Crippen molar-refractivity contribution < 1.29 is 43.0 Å². The quantitative estimate of drug-likeness (QED) is 0.0279. The van der Waals surface area contributed by atoms with Crippen LogP contribution >= 0.6 is 45.3 Å². The van der Waals surface area contributed by atoms with E-state index in [0.717, 1.165) is 66.5 Å². The number of Topliss-reactive ketones (excluding diaryl/α,β-unsaturated/α-hetero) is 2. The molecule has 1 saturated heterocycles. The van der Waals surface area contributed by atoms with Crippen LogP contribution < -0.4 is 21.3 Å². The van der Waals surface area contributed by atoms with Gasteiger partial charge in [0.25, 0.3) is 0 Å². The number of carbonyl (C=O) groups is 7. The van der Waals surface area contributed by atoms with E-state index in [2.05, 4.69) is 98.1 Å². The first-order valence-electron chi connectivity index (χ1n) is 36.9. The lowest BCUT2D eigenvalue weighted by atomic mass is 9.86. The Bertz CT molecular complexity index is 3940. The Morgan fingerprint density at radius 2 is 0.869 bits per heavy atom. The number of alkyl carbamates (subject to hydrolysis) is 2. The number of nitrogens with one attached hydrogen (secondary N) is 4. The third kappa shape index (κ3) is 30.4. The van der Waals surface area contributed by atoms with Gasteiger partial charge < -0.3 is 55.2 Å². The summed E-state index contributed by atoms with van der Waals surface area (Å²) in [5.41, 5.74) is 9.43. The zero-order chi connectivity index (χ0) is 76.5. The molecule has 0 spiro atoms. The fourth-order valence-electron chi connectivity index (χ4n) is 12.5. The molecule has 1 aliphatic rings. The van der Waals surface area contributed by atoms with Crippen LogP contribution in [0.3, 0.4) is 0 Å². The van der Waals surface area contributed by atoms with Crippen molar-refractivity contribution in [3.8, 4) is 0 Å². The van der Waals surface area contributed by atoms with E-state index in [0.29, 0.717) is 96.3 Å². The summed E-state index contributed by atoms with van der Waals surface area (Å²) in [6.07, 6.45) is 8.32. The number of nitrogens with zero attached hydrogens (tertiary/aromatic N) is 9. The highest BCUT2D eigenvalue weighted by atomic mass is 32.1. The van der Waals surface area contributed by atoms with E-state index in [1.807, 2.05) is 134 Å². The van der Waals surface area contributed by atoms with Crippen molar-refractivity contribution in [2.75, 3.05) is 68.0 Å². The van der Waals surface area contributed by atoms with E-state index in [-0.39, 0.29) is 85.9 Å². The molecule has 0 bridgehead atoms. The average molecular weight is 1540 g/mol. The Labute approximate surface area is 647 Å². The van der Waals surface area contributed by atoms with Crippen LogP contribution in [0, 0.1) is 11.8 Å². The average Bonchev–Trinajstić information content (AvgIpc) is 1.83. The van der Waals surface area contributed by atoms with Crippen LogP contribution in [-0.4, -0.2) is 178 Å². The molecule has 5 heterocycles. The van der Waals surface area contributed by atoms with Crippen molar-refractivity contribution in [1.29, 1.82) is 0 Å². The Kier molecular flexibility index (Phi) is 34.9. The van der Waals surface area contributed by atoms with Gasteiger partial charge >= 0.3 is 24.2 Å². The molecule has 26 heteroatoms. The Morgan fingerprint density at radius 1 is 0.477 bits per heavy atom. The zero-order valence-corrected chi connectivity index (χ0v) is 66.6. The number of rotatable bonds is 39. The first-order chi connectivity index (χ1) is 51.6. The lowest BCUT2D eigenvalue weighted by molar-refractivity contribution is -0.135. The molecule has 0 aliphatic carbocycles. The first kappa shape index (κ1) is 83.8. The van der Waals surface area contributed by atoms with Gasteiger partial charge in [-0.2, -0.15) is 0 Å². The third-order valence-corrected chi connectivity index (χ3v) is 22.5. The van der Waals surface area contributed by atoms with Gasteiger partial charge in [0.1, 0.15) is 13.2 Å². The maximum absolute atomic E-state index is 14.4. The summed E-state index contributed by atoms with van der Waals surface area (Å²) < 4.78 is 11.1. The van der Waals surface area contributed by atoms with E-state index in [1.54, 1.807) is 70.0 Å². The molecule has 107 heavy (non-hydrogen) atoms. The molecule has 6 atom stereocenters. The zero-order valence-electron chi connectivity index (χ0n) is 63.3. The van der Waals surface area contributed by atoms with Gasteiger partial charge in [0, 0.05) is 100 Å². The van der Waals surface area contributed by atoms with Crippen LogP contribution in [-0.2, 0) is 75.8 Å². The molecule has 9 rings (SSSR count). The lowest BCUT2D eigenvalue weighted by Crippen LogP contribution is -2.52. The Hall–Kier alpha value is -8.79. The SMILES string of the molecule is CC(C)c1nc(CN(C)C(=O)NC(CC(=O)N2CCN(C)CC2)C(=O)CC(CCC(Cc2ccccc2)NC(=O)OCc2cncs2)Cc2ccccc2)cs1.CC(C)c1nc(CN(C)C(=O)NC(CCN(C)C)C(=O)CC(CCC(Cc2ccccc2)NC(=O)OCc2cncs2)Cc2ccccc2)cs1. The second kappa shape index (κ2) is 44.5. The number of piperazine rings is 1. The van der Waals surface area contributed by atoms with E-state index in [9.17, 15) is 33.6 Å². The number of likely N-dealkylation sites (N-methyl/N-ethyl adjacent to an activating group) is 1. The van der Waals surface area contributed by atoms with Gasteiger partial charge in [-0.05, 0) is 120 Å². The molecule has 1 aliphatic heterocycles. The molecule has 6 unspecified atom stereocenters. The first-order valence-corrected chi connectivity index (χ1v) is 40.4. The largest absolute Gasteiger partial charge is 0.444 e. The number of hydrogen-bond donors (Lipinski definition) is 4. The molecule has 7 amide bonds. The normalized spacial score (nSPS) is 14.0. The number of hydrogen-bond acceptors (Lipinski definition) is 19. The van der Waals surface area contributed by atoms with Crippen molar-refractivity contribution >= 4 is 87.1 Å². The molecule has 1 fully saturated rings. The van der Waals surface area contributed by atoms with Crippen molar-refractivity contribution in [3.05, 3.63) is 209 Å². The maximum Gasteiger partial charge on any atom is 0.407 e. The van der Waals surface area contributed by atoms with Gasteiger partial charge in [-0.1, -0.05) is 149 Å². The van der Waals surface area contributed by atoms with Crippen LogP contribution in [0.5, 0.6) is 0 Å². The van der Waals surface area contributed by atoms with Gasteiger partial charge in [0.05, 0.1) is 73.8 Å². The molecule has 574 valence electrons. The summed E-state index contributed by atoms with van der Waals surface area (Å²) in [6.45, 7) is 12.6. The number of aromatic nitrogens is 4. The van der Waals surface area contributed by atoms with E-state index < -0.39 is 30.3 Å². The molecule has 0 saturated carbocycles. The minimum Gasteiger partial charge on any atom is -0.444 e. The minimum atomic E-state index is -1.00. The summed E-state index contributed by atoms with van der Waals surface area (Å²) in [4.78, 5) is 123. The molecule has 8 aromatic rings. The molecule has 4 aromatic heterocycles. The monoisotopic (exact) mass is 1530 g/mol. The van der Waals surface area contributed by atoms with Crippen LogP contribution in [0.1, 0.15) is 144 Å². The number of thiazole rings is 4. The lowest BCUT2D eigenvalue weighted by Gasteiger charge is -2.33. The van der Waals surface area contributed by atoms with Gasteiger partial charge in [0.15, 0.2) is 11.6 Å². The van der Waals surface area contributed by atoms with Gasteiger partial charge in [-0.15, -0.1) is 45.3 Å². The standard InChI is InChI=1S/C42H55N7O5S2.C39H52N6O4S2/c1-30(2)40-44-35(28-55-40)26-48(4)41(52)46-37(24-39(51)49-19-17-47(3)18-20-49)38(50)23-33(21-31-11-7-5-8-12-31)15-16-34(22-32-13-9-6-10-14-32)45-42(53)54-27-36-25-43-29-56-36;1-28(2)37-41-33(26-50-37)24-45(5)38(47)43-35(18-19-44(3)4)36(46)22-31(20-29-12-8-6-9-13-29)16-17-32(21-30-14-10-7-11-15-30)42-39(48)49-25-34-23-40-27-51-34/h5-14,25,28-30,33-34,37H,15-24,26-27H2,1-4H3,(H,45,53)(H,46,52);6-15,23,26-28,31-32,35H,16-22,24-25H2,1-5H3,(H,42,48)(H,43,47). The molecule has 22 nitrogen and oxygen atoms in total. The molecular weight excluding hydrogens is 1430 g/mol. The molecule has 4 N–H and O–H groups in total. The number of carbonyl (C=O) groups excluding carboxylic acids is 7. The van der Waals surface area contributed by atoms with Crippen LogP contribution in [0.2, 0.25) is 0 Å². The maximum atomic E-state index is 14.4. The summed E-state index contributed by atoms with van der Waals surface area (Å²) in [5.74, 6) is 0.143. The van der Waals surface area contributed by atoms with Crippen LogP contribution in [0.15, 0.2) is 156 Å². The van der Waals surface area contributed by atoms with Crippen molar-refractivity contribution in [3.63, 3.8) is 0 Å². The number of benzene rings is 4. The molecular formula is C81H107N13O9S4. The topological polar surface area (TPSA) is 254 Å². The van der Waals surface area contributed by atoms with Gasteiger partial charge in [0.2, 0.25) is 5.91 Å². The van der Waals surface area contributed by atoms with Crippen molar-refractivity contribution in [1.82, 2.24) is 65.7 Å². The van der Waals surface area contributed by atoms with Crippen molar-refractivity contribution in [2.45, 2.75) is 167 Å². The summed E-state index contributed by atoms with van der Waals surface area (Å²) in [5, 5.41) is 18.1. The van der Waals surface area contributed by atoms with Gasteiger partial charge in [-0.25, -0.2) is 29.1 Å². The summed E-state index contributed by atoms with van der Waals surface area (Å²) in [6, 6.07) is 37.4. The fraction of sp³-hybridized carbons (Fsp3) is 0.469. The highest BCUT2D eigenvalue weighted by Crippen LogP contribution is 2.27. The predicted molar refractivity (Wildman–Crippen MR) is 426 cm³/mol.